The van der Waals surface area contributed by atoms with Gasteiger partial charge in [-0.25, -0.2) is 0 Å². The second kappa shape index (κ2) is 5.46. The third kappa shape index (κ3) is 2.63. The Morgan fingerprint density at radius 3 is 2.43 bits per heavy atom. The molecule has 0 N–H and O–H groups in total. The smallest absolute Gasteiger partial charge is 0.192 e. The summed E-state index contributed by atoms with van der Waals surface area (Å²) in [4.78, 5) is 0. The third-order valence-electron chi connectivity index (χ3n) is 5.33. The van der Waals surface area contributed by atoms with Crippen molar-refractivity contribution in [3.8, 4) is 0 Å². The highest BCUT2D eigenvalue weighted by Crippen LogP contribution is 2.48. The van der Waals surface area contributed by atoms with Gasteiger partial charge in [-0.15, -0.1) is 6.58 Å². The molecule has 2 heterocycles. The summed E-state index contributed by atoms with van der Waals surface area (Å²) in [6.45, 7) is 17.7. The molecule has 2 aliphatic heterocycles. The van der Waals surface area contributed by atoms with Crippen molar-refractivity contribution in [2.75, 3.05) is 13.7 Å². The third-order valence-corrected chi connectivity index (χ3v) is 9.78. The molecule has 2 aliphatic rings. The summed E-state index contributed by atoms with van der Waals surface area (Å²) in [5.41, 5.74) is -0.559. The van der Waals surface area contributed by atoms with Crippen LogP contribution in [0.1, 0.15) is 27.7 Å². The largest absolute Gasteiger partial charge is 0.408 e. The van der Waals surface area contributed by atoms with Crippen LogP contribution in [0.4, 0.5) is 0 Å². The average molecular weight is 314 g/mol. The van der Waals surface area contributed by atoms with Gasteiger partial charge >= 0.3 is 0 Å². The molecule has 122 valence electrons. The first-order valence-corrected chi connectivity index (χ1v) is 10.6. The van der Waals surface area contributed by atoms with E-state index in [1.807, 2.05) is 6.92 Å². The molecule has 5 heteroatoms. The summed E-state index contributed by atoms with van der Waals surface area (Å²) in [5, 5.41) is 0.149. The van der Waals surface area contributed by atoms with Crippen molar-refractivity contribution in [1.29, 1.82) is 0 Å². The topological polar surface area (TPSA) is 36.9 Å². The van der Waals surface area contributed by atoms with E-state index in [0.29, 0.717) is 6.61 Å². The van der Waals surface area contributed by atoms with E-state index < -0.39 is 13.9 Å². The Morgan fingerprint density at radius 2 is 2.00 bits per heavy atom. The van der Waals surface area contributed by atoms with Gasteiger partial charge in [0.2, 0.25) is 0 Å². The predicted octanol–water partition coefficient (Wildman–Crippen LogP) is 3.13. The Labute approximate surface area is 129 Å². The maximum atomic E-state index is 6.67. The Hall–Kier alpha value is -0.203. The van der Waals surface area contributed by atoms with Crippen LogP contribution >= 0.6 is 0 Å². The van der Waals surface area contributed by atoms with Gasteiger partial charge in [-0.1, -0.05) is 26.8 Å². The van der Waals surface area contributed by atoms with E-state index in [0.717, 1.165) is 0 Å². The molecule has 2 rings (SSSR count). The van der Waals surface area contributed by atoms with Crippen molar-refractivity contribution in [1.82, 2.24) is 0 Å². The molecule has 0 radical (unpaired) electrons. The van der Waals surface area contributed by atoms with Gasteiger partial charge in [0.1, 0.15) is 23.9 Å². The molecule has 2 saturated heterocycles. The fourth-order valence-corrected chi connectivity index (χ4v) is 4.36. The van der Waals surface area contributed by atoms with Crippen LogP contribution in [0, 0.1) is 0 Å². The van der Waals surface area contributed by atoms with Gasteiger partial charge in [0.05, 0.1) is 12.7 Å². The van der Waals surface area contributed by atoms with Crippen molar-refractivity contribution in [2.45, 2.75) is 75.8 Å². The standard InChI is InChI=1S/C16H30O4Si/c1-9-12(17-6)16-10-18-13(11(2)19-16)14(16)20-21(7,8)15(3,4)5/h9,11-14H,1,10H2,2-8H3/t11-,12-,13?,14-,16?/m0/s1. The first-order chi connectivity index (χ1) is 9.59. The molecular formula is C16H30O4Si. The summed E-state index contributed by atoms with van der Waals surface area (Å²) < 4.78 is 24.5. The van der Waals surface area contributed by atoms with Crippen molar-refractivity contribution in [3.63, 3.8) is 0 Å². The predicted molar refractivity (Wildman–Crippen MR) is 86.1 cm³/mol. The quantitative estimate of drug-likeness (QED) is 0.577. The SMILES string of the molecule is C=C[C@H](OC)C12COC([C@H](C)O1)[C@@H]2O[Si](C)(C)C(C)(C)C. The molecule has 0 aromatic carbocycles. The number of hydrogen-bond acceptors (Lipinski definition) is 4. The summed E-state index contributed by atoms with van der Waals surface area (Å²) in [5.74, 6) is 0. The van der Waals surface area contributed by atoms with Crippen LogP contribution in [0.25, 0.3) is 0 Å². The van der Waals surface area contributed by atoms with E-state index in [1.165, 1.54) is 0 Å². The van der Waals surface area contributed by atoms with Gasteiger partial charge in [0.25, 0.3) is 0 Å². The summed E-state index contributed by atoms with van der Waals surface area (Å²) >= 11 is 0. The molecule has 2 fully saturated rings. The fourth-order valence-electron chi connectivity index (χ4n) is 3.04. The summed E-state index contributed by atoms with van der Waals surface area (Å²) in [7, 11) is -0.227. The minimum Gasteiger partial charge on any atom is -0.408 e. The van der Waals surface area contributed by atoms with Crippen LogP contribution < -0.4 is 0 Å². The molecular weight excluding hydrogens is 284 g/mol. The minimum absolute atomic E-state index is 0.0169. The molecule has 0 spiro atoms. The van der Waals surface area contributed by atoms with Crippen molar-refractivity contribution in [3.05, 3.63) is 12.7 Å². The minimum atomic E-state index is -1.91. The van der Waals surface area contributed by atoms with E-state index in [1.54, 1.807) is 13.2 Å². The molecule has 21 heavy (non-hydrogen) atoms. The Balaban J connectivity index is 2.31. The lowest BCUT2D eigenvalue weighted by molar-refractivity contribution is -0.177. The molecule has 0 amide bonds. The van der Waals surface area contributed by atoms with Crippen molar-refractivity contribution >= 4 is 8.32 Å². The lowest BCUT2D eigenvalue weighted by Gasteiger charge is -2.42. The number of hydrogen-bond donors (Lipinski definition) is 0. The van der Waals surface area contributed by atoms with Crippen LogP contribution in [0.3, 0.4) is 0 Å². The van der Waals surface area contributed by atoms with Gasteiger partial charge in [-0.3, -0.25) is 0 Å². The van der Waals surface area contributed by atoms with Gasteiger partial charge in [0.15, 0.2) is 8.32 Å². The fraction of sp³-hybridized carbons (Fsp3) is 0.875. The molecule has 2 unspecified atom stereocenters. The second-order valence-electron chi connectivity index (χ2n) is 7.74. The maximum absolute atomic E-state index is 6.67. The lowest BCUT2D eigenvalue weighted by Crippen LogP contribution is -2.56. The normalized spacial score (nSPS) is 37.8. The Kier molecular flexibility index (Phi) is 4.46. The summed E-state index contributed by atoms with van der Waals surface area (Å²) in [6.07, 6.45) is 1.49. The Morgan fingerprint density at radius 1 is 1.38 bits per heavy atom. The van der Waals surface area contributed by atoms with Gasteiger partial charge in [-0.05, 0) is 25.1 Å². The number of rotatable bonds is 5. The van der Waals surface area contributed by atoms with E-state index in [9.17, 15) is 0 Å². The highest BCUT2D eigenvalue weighted by molar-refractivity contribution is 6.74. The van der Waals surface area contributed by atoms with Crippen LogP contribution in [-0.2, 0) is 18.6 Å². The molecule has 0 aromatic heterocycles. The van der Waals surface area contributed by atoms with Crippen LogP contribution in [0.5, 0.6) is 0 Å². The van der Waals surface area contributed by atoms with E-state index in [4.69, 9.17) is 18.6 Å². The first kappa shape index (κ1) is 17.2. The highest BCUT2D eigenvalue weighted by Gasteiger charge is 2.65. The average Bonchev–Trinajstić information content (AvgIpc) is 2.80. The number of methoxy groups -OCH3 is 1. The second-order valence-corrected chi connectivity index (χ2v) is 12.5. The van der Waals surface area contributed by atoms with Crippen molar-refractivity contribution < 1.29 is 18.6 Å². The number of ether oxygens (including phenoxy) is 3. The first-order valence-electron chi connectivity index (χ1n) is 7.71. The zero-order chi connectivity index (χ0) is 16.1. The molecule has 0 saturated carbocycles. The van der Waals surface area contributed by atoms with Crippen LogP contribution in [0.15, 0.2) is 12.7 Å². The summed E-state index contributed by atoms with van der Waals surface area (Å²) in [6, 6.07) is 0. The maximum Gasteiger partial charge on any atom is 0.192 e. The monoisotopic (exact) mass is 314 g/mol. The number of fused-ring (bicyclic) bond motifs is 2. The van der Waals surface area contributed by atoms with E-state index in [2.05, 4.69) is 40.4 Å². The van der Waals surface area contributed by atoms with Gasteiger partial charge in [0, 0.05) is 7.11 Å². The van der Waals surface area contributed by atoms with E-state index >= 15 is 0 Å². The van der Waals surface area contributed by atoms with Gasteiger partial charge < -0.3 is 18.6 Å². The van der Waals surface area contributed by atoms with Crippen LogP contribution in [-0.4, -0.2) is 52.1 Å². The van der Waals surface area contributed by atoms with E-state index in [-0.39, 0.29) is 29.5 Å². The molecule has 4 nitrogen and oxygen atoms in total. The molecule has 2 bridgehead atoms. The van der Waals surface area contributed by atoms with Crippen LogP contribution in [0.2, 0.25) is 18.1 Å². The Bertz CT molecular complexity index is 404. The zero-order valence-electron chi connectivity index (χ0n) is 14.4. The van der Waals surface area contributed by atoms with Crippen molar-refractivity contribution in [2.24, 2.45) is 0 Å². The molecule has 0 aliphatic carbocycles. The highest BCUT2D eigenvalue weighted by atomic mass is 28.4. The molecule has 5 atom stereocenters. The molecule has 0 aromatic rings. The van der Waals surface area contributed by atoms with Gasteiger partial charge in [-0.2, -0.15) is 0 Å². The zero-order valence-corrected chi connectivity index (χ0v) is 15.4. The lowest BCUT2D eigenvalue weighted by atomic mass is 9.92.